The maximum Gasteiger partial charge on any atom is 0.349 e. The standard InChI is InChI=1S/C26H24N2O8/c1-25-18-19(21(30)27(20(18)29)16-12-8-5-9-13-16)26(36-25,24(33)35-3)23(32)28(25)17(22(31)34-2)14-15-10-6-4-7-11-15/h4-13,17-19H,14H2,1-3H3/t17-,18-,19+,25+,26-/m0/s1. The second-order valence-electron chi connectivity index (χ2n) is 9.09. The van der Waals surface area contributed by atoms with Crippen LogP contribution in [0.15, 0.2) is 60.7 Å². The average Bonchev–Trinajstić information content (AvgIpc) is 3.43. The molecule has 2 aromatic carbocycles. The summed E-state index contributed by atoms with van der Waals surface area (Å²) in [4.78, 5) is 69.5. The van der Waals surface area contributed by atoms with Crippen LogP contribution in [0.5, 0.6) is 0 Å². The number of anilines is 1. The Morgan fingerprint density at radius 1 is 0.917 bits per heavy atom. The summed E-state index contributed by atoms with van der Waals surface area (Å²) < 4.78 is 16.0. The average molecular weight is 492 g/mol. The number of rotatable bonds is 6. The maximum atomic E-state index is 14.0. The van der Waals surface area contributed by atoms with E-state index in [9.17, 15) is 24.0 Å². The number of methoxy groups -OCH3 is 2. The molecule has 10 nitrogen and oxygen atoms in total. The number of carbonyl (C=O) groups excluding carboxylic acids is 5. The molecule has 0 aliphatic carbocycles. The minimum Gasteiger partial charge on any atom is -0.467 e. The van der Waals surface area contributed by atoms with E-state index in [1.54, 1.807) is 54.6 Å². The van der Waals surface area contributed by atoms with Crippen LogP contribution < -0.4 is 4.90 Å². The molecule has 3 amide bonds. The number of fused-ring (bicyclic) bond motifs is 5. The van der Waals surface area contributed by atoms with Gasteiger partial charge in [0.2, 0.25) is 11.8 Å². The molecule has 3 aliphatic rings. The van der Waals surface area contributed by atoms with E-state index < -0.39 is 58.9 Å². The first-order valence-electron chi connectivity index (χ1n) is 11.4. The van der Waals surface area contributed by atoms with Crippen LogP contribution in [-0.4, -0.2) is 66.1 Å². The fourth-order valence-electron chi connectivity index (χ4n) is 5.77. The minimum atomic E-state index is -2.41. The summed E-state index contributed by atoms with van der Waals surface area (Å²) in [5.74, 6) is -6.83. The van der Waals surface area contributed by atoms with Crippen LogP contribution in [0.3, 0.4) is 0 Å². The van der Waals surface area contributed by atoms with E-state index >= 15 is 0 Å². The first-order valence-corrected chi connectivity index (χ1v) is 11.4. The SMILES string of the molecule is COC(=O)[C@H](Cc1ccccc1)N1C(=O)[C@@]2(C(=O)OC)O[C@]1(C)[C@@H]1C(=O)N(c3ccccc3)C(=O)[C@@H]12. The molecule has 3 saturated heterocycles. The van der Waals surface area contributed by atoms with Crippen molar-refractivity contribution >= 4 is 35.3 Å². The van der Waals surface area contributed by atoms with E-state index in [1.807, 2.05) is 6.07 Å². The highest BCUT2D eigenvalue weighted by Crippen LogP contribution is 2.60. The smallest absolute Gasteiger partial charge is 0.349 e. The van der Waals surface area contributed by atoms with Crippen molar-refractivity contribution in [2.75, 3.05) is 19.1 Å². The number of para-hydroxylation sites is 1. The van der Waals surface area contributed by atoms with Crippen LogP contribution in [0, 0.1) is 11.8 Å². The lowest BCUT2D eigenvalue weighted by Crippen LogP contribution is -2.65. The number of hydrogen-bond donors (Lipinski definition) is 0. The third-order valence-corrected chi connectivity index (χ3v) is 7.26. The van der Waals surface area contributed by atoms with Crippen LogP contribution in [0.2, 0.25) is 0 Å². The molecule has 2 aromatic rings. The van der Waals surface area contributed by atoms with Gasteiger partial charge in [-0.1, -0.05) is 48.5 Å². The van der Waals surface area contributed by atoms with E-state index in [2.05, 4.69) is 0 Å². The second kappa shape index (κ2) is 8.27. The van der Waals surface area contributed by atoms with Gasteiger partial charge < -0.3 is 14.2 Å². The predicted octanol–water partition coefficient (Wildman–Crippen LogP) is 1.08. The first-order chi connectivity index (χ1) is 17.2. The summed E-state index contributed by atoms with van der Waals surface area (Å²) in [6.45, 7) is 1.45. The Hall–Kier alpha value is -4.05. The van der Waals surface area contributed by atoms with Crippen molar-refractivity contribution in [1.82, 2.24) is 4.90 Å². The van der Waals surface area contributed by atoms with Crippen molar-refractivity contribution in [1.29, 1.82) is 0 Å². The monoisotopic (exact) mass is 492 g/mol. The fourth-order valence-corrected chi connectivity index (χ4v) is 5.77. The molecule has 0 aromatic heterocycles. The highest BCUT2D eigenvalue weighted by Gasteiger charge is 2.85. The van der Waals surface area contributed by atoms with Crippen LogP contribution in [0.25, 0.3) is 0 Å². The first kappa shape index (κ1) is 23.7. The molecular weight excluding hydrogens is 468 g/mol. The number of ether oxygens (including phenoxy) is 3. The molecule has 36 heavy (non-hydrogen) atoms. The largest absolute Gasteiger partial charge is 0.467 e. The van der Waals surface area contributed by atoms with Crippen molar-refractivity contribution < 1.29 is 38.2 Å². The molecule has 2 bridgehead atoms. The van der Waals surface area contributed by atoms with E-state index in [0.29, 0.717) is 5.69 Å². The van der Waals surface area contributed by atoms with Crippen molar-refractivity contribution in [3.05, 3.63) is 66.2 Å². The number of benzene rings is 2. The minimum absolute atomic E-state index is 0.0391. The molecule has 3 heterocycles. The van der Waals surface area contributed by atoms with Crippen molar-refractivity contribution in [2.24, 2.45) is 11.8 Å². The topological polar surface area (TPSA) is 120 Å². The number of piperidine rings is 1. The number of hydrogen-bond acceptors (Lipinski definition) is 8. The van der Waals surface area contributed by atoms with E-state index in [-0.39, 0.29) is 6.42 Å². The van der Waals surface area contributed by atoms with Gasteiger partial charge in [-0.3, -0.25) is 19.3 Å². The van der Waals surface area contributed by atoms with Crippen LogP contribution in [-0.2, 0) is 44.6 Å². The van der Waals surface area contributed by atoms with Gasteiger partial charge in [0.25, 0.3) is 11.5 Å². The third-order valence-electron chi connectivity index (χ3n) is 7.26. The Kier molecular flexibility index (Phi) is 5.44. The molecule has 5 rings (SSSR count). The third kappa shape index (κ3) is 2.97. The number of amides is 3. The van der Waals surface area contributed by atoms with Gasteiger partial charge in [0, 0.05) is 6.42 Å². The molecule has 10 heteroatoms. The molecule has 0 spiro atoms. The Balaban J connectivity index is 1.65. The lowest BCUT2D eigenvalue weighted by atomic mass is 9.73. The molecule has 0 saturated carbocycles. The number of nitrogens with zero attached hydrogens (tertiary/aromatic N) is 2. The molecule has 0 unspecified atom stereocenters. The van der Waals surface area contributed by atoms with Crippen molar-refractivity contribution in [2.45, 2.75) is 30.7 Å². The zero-order valence-corrected chi connectivity index (χ0v) is 19.9. The summed E-state index contributed by atoms with van der Waals surface area (Å²) in [6, 6.07) is 15.9. The number of esters is 2. The molecule has 0 radical (unpaired) electrons. The lowest BCUT2D eigenvalue weighted by Gasteiger charge is -2.41. The fraction of sp³-hybridized carbons (Fsp3) is 0.346. The van der Waals surface area contributed by atoms with E-state index in [1.165, 1.54) is 14.0 Å². The van der Waals surface area contributed by atoms with Crippen molar-refractivity contribution in [3.63, 3.8) is 0 Å². The quantitative estimate of drug-likeness (QED) is 0.334. The van der Waals surface area contributed by atoms with E-state index in [0.717, 1.165) is 22.5 Å². The van der Waals surface area contributed by atoms with Gasteiger partial charge >= 0.3 is 11.9 Å². The molecule has 5 atom stereocenters. The summed E-state index contributed by atoms with van der Waals surface area (Å²) >= 11 is 0. The zero-order chi connectivity index (χ0) is 25.8. The van der Waals surface area contributed by atoms with Gasteiger partial charge in [0.1, 0.15) is 17.9 Å². The molecule has 3 fully saturated rings. The van der Waals surface area contributed by atoms with Crippen LogP contribution in [0.4, 0.5) is 5.69 Å². The second-order valence-corrected chi connectivity index (χ2v) is 9.09. The van der Waals surface area contributed by atoms with Gasteiger partial charge in [-0.15, -0.1) is 0 Å². The molecule has 0 N–H and O–H groups in total. The number of imide groups is 1. The Morgan fingerprint density at radius 3 is 2.08 bits per heavy atom. The zero-order valence-electron chi connectivity index (χ0n) is 19.9. The van der Waals surface area contributed by atoms with Gasteiger partial charge in [-0.25, -0.2) is 14.5 Å². The molecule has 3 aliphatic heterocycles. The number of carbonyl (C=O) groups is 5. The Labute approximate surface area is 206 Å². The summed E-state index contributed by atoms with van der Waals surface area (Å²) in [7, 11) is 2.25. The van der Waals surface area contributed by atoms with Crippen molar-refractivity contribution in [3.8, 4) is 0 Å². The van der Waals surface area contributed by atoms with Gasteiger partial charge in [-0.05, 0) is 24.6 Å². The van der Waals surface area contributed by atoms with Crippen LogP contribution >= 0.6 is 0 Å². The molecule has 186 valence electrons. The van der Waals surface area contributed by atoms with Gasteiger partial charge in [-0.2, -0.15) is 0 Å². The van der Waals surface area contributed by atoms with Gasteiger partial charge in [0.05, 0.1) is 19.9 Å². The predicted molar refractivity (Wildman–Crippen MR) is 123 cm³/mol. The number of likely N-dealkylation sites (tertiary alicyclic amines) is 1. The molecular formula is C26H24N2O8. The van der Waals surface area contributed by atoms with Gasteiger partial charge in [0.15, 0.2) is 5.72 Å². The highest BCUT2D eigenvalue weighted by molar-refractivity contribution is 6.28. The Morgan fingerprint density at radius 2 is 1.50 bits per heavy atom. The maximum absolute atomic E-state index is 14.0. The Bertz CT molecular complexity index is 1270. The summed E-state index contributed by atoms with van der Waals surface area (Å²) in [5.41, 5.74) is -3.18. The van der Waals surface area contributed by atoms with E-state index in [4.69, 9.17) is 14.2 Å². The summed E-state index contributed by atoms with van der Waals surface area (Å²) in [6.07, 6.45) is 0.0391. The normalized spacial score (nSPS) is 29.4. The highest BCUT2D eigenvalue weighted by atomic mass is 16.6. The van der Waals surface area contributed by atoms with Crippen LogP contribution in [0.1, 0.15) is 12.5 Å². The lowest BCUT2D eigenvalue weighted by molar-refractivity contribution is -0.174. The summed E-state index contributed by atoms with van der Waals surface area (Å²) in [5, 5.41) is 0.